The lowest BCUT2D eigenvalue weighted by molar-refractivity contribution is 0.167. The molecule has 90 valence electrons. The predicted octanol–water partition coefficient (Wildman–Crippen LogP) is 4.27. The minimum atomic E-state index is 0.434. The molecular weight excluding hydrogens is 238 g/mol. The minimum Gasteiger partial charge on any atom is -0.330 e. The first kappa shape index (κ1) is 12.4. The van der Waals surface area contributed by atoms with Gasteiger partial charge in [-0.1, -0.05) is 25.4 Å². The second-order valence-electron chi connectivity index (χ2n) is 5.64. The van der Waals surface area contributed by atoms with E-state index in [9.17, 15) is 0 Å². The molecule has 1 saturated carbocycles. The highest BCUT2D eigenvalue weighted by Crippen LogP contribution is 2.49. The number of hydrogen-bond acceptors (Lipinski definition) is 2. The Morgan fingerprint density at radius 2 is 2.31 bits per heavy atom. The molecular formula is C13H20ClNS. The lowest BCUT2D eigenvalue weighted by Gasteiger charge is -2.40. The van der Waals surface area contributed by atoms with Crippen molar-refractivity contribution in [3.63, 3.8) is 0 Å². The van der Waals surface area contributed by atoms with Crippen molar-refractivity contribution >= 4 is 22.9 Å². The molecule has 16 heavy (non-hydrogen) atoms. The third kappa shape index (κ3) is 2.44. The van der Waals surface area contributed by atoms with Crippen LogP contribution in [0.1, 0.15) is 43.9 Å². The SMILES string of the molecule is CC1(C)CCC(CN)C(c2sccc2Cl)C1. The minimum absolute atomic E-state index is 0.434. The van der Waals surface area contributed by atoms with Crippen molar-refractivity contribution in [2.24, 2.45) is 17.1 Å². The Morgan fingerprint density at radius 3 is 2.88 bits per heavy atom. The van der Waals surface area contributed by atoms with Gasteiger partial charge >= 0.3 is 0 Å². The predicted molar refractivity (Wildman–Crippen MR) is 72.2 cm³/mol. The summed E-state index contributed by atoms with van der Waals surface area (Å²) in [5.41, 5.74) is 6.33. The topological polar surface area (TPSA) is 26.0 Å². The van der Waals surface area contributed by atoms with Gasteiger partial charge in [0.2, 0.25) is 0 Å². The first-order chi connectivity index (χ1) is 7.53. The van der Waals surface area contributed by atoms with Gasteiger partial charge in [-0.25, -0.2) is 0 Å². The van der Waals surface area contributed by atoms with Crippen LogP contribution in [0, 0.1) is 11.3 Å². The highest BCUT2D eigenvalue weighted by Gasteiger charge is 2.36. The van der Waals surface area contributed by atoms with E-state index in [2.05, 4.69) is 19.2 Å². The maximum absolute atomic E-state index is 6.26. The van der Waals surface area contributed by atoms with Crippen LogP contribution in [0.4, 0.5) is 0 Å². The maximum Gasteiger partial charge on any atom is 0.0547 e. The molecule has 2 rings (SSSR count). The highest BCUT2D eigenvalue weighted by molar-refractivity contribution is 7.10. The Bertz CT molecular complexity index is 359. The summed E-state index contributed by atoms with van der Waals surface area (Å²) in [4.78, 5) is 1.35. The van der Waals surface area contributed by atoms with Gasteiger partial charge in [0.05, 0.1) is 5.02 Å². The third-order valence-corrected chi connectivity index (χ3v) is 5.31. The van der Waals surface area contributed by atoms with Crippen LogP contribution in [0.3, 0.4) is 0 Å². The first-order valence-electron chi connectivity index (χ1n) is 5.96. The van der Waals surface area contributed by atoms with E-state index >= 15 is 0 Å². The summed E-state index contributed by atoms with van der Waals surface area (Å²) < 4.78 is 0. The summed E-state index contributed by atoms with van der Waals surface area (Å²) in [5, 5.41) is 3.03. The van der Waals surface area contributed by atoms with Crippen LogP contribution in [-0.2, 0) is 0 Å². The Labute approximate surface area is 107 Å². The fraction of sp³-hybridized carbons (Fsp3) is 0.692. The summed E-state index contributed by atoms with van der Waals surface area (Å²) in [5.74, 6) is 1.19. The summed E-state index contributed by atoms with van der Waals surface area (Å²) in [6.07, 6.45) is 3.74. The van der Waals surface area contributed by atoms with Gasteiger partial charge in [-0.2, -0.15) is 0 Å². The maximum atomic E-state index is 6.26. The van der Waals surface area contributed by atoms with E-state index in [0.29, 0.717) is 17.3 Å². The Hall–Kier alpha value is -0.0500. The smallest absolute Gasteiger partial charge is 0.0547 e. The number of halogens is 1. The lowest BCUT2D eigenvalue weighted by atomic mass is 9.67. The monoisotopic (exact) mass is 257 g/mol. The van der Waals surface area contributed by atoms with Crippen molar-refractivity contribution in [2.45, 2.75) is 39.0 Å². The van der Waals surface area contributed by atoms with Crippen LogP contribution in [0.15, 0.2) is 11.4 Å². The van der Waals surface area contributed by atoms with Crippen LogP contribution in [0.2, 0.25) is 5.02 Å². The van der Waals surface area contributed by atoms with Crippen molar-refractivity contribution in [1.29, 1.82) is 0 Å². The highest BCUT2D eigenvalue weighted by atomic mass is 35.5. The largest absolute Gasteiger partial charge is 0.330 e. The molecule has 0 radical (unpaired) electrons. The standard InChI is InChI=1S/C13H20ClNS/c1-13(2)5-3-9(8-15)10(7-13)12-11(14)4-6-16-12/h4,6,9-10H,3,5,7-8,15H2,1-2H3. The summed E-state index contributed by atoms with van der Waals surface area (Å²) in [6, 6.07) is 2.01. The molecule has 1 nitrogen and oxygen atoms in total. The number of hydrogen-bond donors (Lipinski definition) is 1. The molecule has 1 fully saturated rings. The van der Waals surface area contributed by atoms with Gasteiger partial charge in [0.15, 0.2) is 0 Å². The zero-order chi connectivity index (χ0) is 11.8. The van der Waals surface area contributed by atoms with Gasteiger partial charge < -0.3 is 5.73 Å². The average Bonchev–Trinajstić information content (AvgIpc) is 2.63. The van der Waals surface area contributed by atoms with Crippen molar-refractivity contribution in [3.05, 3.63) is 21.3 Å². The summed E-state index contributed by atoms with van der Waals surface area (Å²) in [6.45, 7) is 5.50. The van der Waals surface area contributed by atoms with E-state index in [1.807, 2.05) is 6.07 Å². The molecule has 0 bridgehead atoms. The van der Waals surface area contributed by atoms with Crippen LogP contribution in [0.25, 0.3) is 0 Å². The van der Waals surface area contributed by atoms with E-state index in [4.69, 9.17) is 17.3 Å². The van der Waals surface area contributed by atoms with Gasteiger partial charge in [0, 0.05) is 4.88 Å². The molecule has 1 aromatic rings. The lowest BCUT2D eigenvalue weighted by Crippen LogP contribution is -2.32. The second kappa shape index (κ2) is 4.67. The van der Waals surface area contributed by atoms with E-state index in [1.165, 1.54) is 24.1 Å². The van der Waals surface area contributed by atoms with Crippen LogP contribution < -0.4 is 5.73 Å². The summed E-state index contributed by atoms with van der Waals surface area (Å²) in [7, 11) is 0. The molecule has 2 N–H and O–H groups in total. The molecule has 2 unspecified atom stereocenters. The van der Waals surface area contributed by atoms with Gasteiger partial charge in [-0.05, 0) is 54.5 Å². The summed E-state index contributed by atoms with van der Waals surface area (Å²) >= 11 is 8.05. The molecule has 0 aromatic carbocycles. The van der Waals surface area contributed by atoms with Gasteiger partial charge in [0.25, 0.3) is 0 Å². The molecule has 1 aliphatic rings. The second-order valence-corrected chi connectivity index (χ2v) is 7.00. The quantitative estimate of drug-likeness (QED) is 0.841. The van der Waals surface area contributed by atoms with Gasteiger partial charge in [-0.3, -0.25) is 0 Å². The van der Waals surface area contributed by atoms with E-state index < -0.39 is 0 Å². The molecule has 2 atom stereocenters. The van der Waals surface area contributed by atoms with Crippen molar-refractivity contribution in [2.75, 3.05) is 6.54 Å². The Balaban J connectivity index is 2.25. The van der Waals surface area contributed by atoms with Crippen LogP contribution in [0.5, 0.6) is 0 Å². The molecule has 0 amide bonds. The molecule has 1 aromatic heterocycles. The van der Waals surface area contributed by atoms with Crippen LogP contribution >= 0.6 is 22.9 Å². The van der Waals surface area contributed by atoms with E-state index in [1.54, 1.807) is 11.3 Å². The number of nitrogens with two attached hydrogens (primary N) is 1. The van der Waals surface area contributed by atoms with Crippen LogP contribution in [-0.4, -0.2) is 6.54 Å². The van der Waals surface area contributed by atoms with E-state index in [0.717, 1.165) is 11.6 Å². The molecule has 0 saturated heterocycles. The Kier molecular flexibility index (Phi) is 3.62. The first-order valence-corrected chi connectivity index (χ1v) is 7.22. The zero-order valence-electron chi connectivity index (χ0n) is 10.0. The third-order valence-electron chi connectivity index (χ3n) is 3.82. The Morgan fingerprint density at radius 1 is 1.56 bits per heavy atom. The number of thiophene rings is 1. The van der Waals surface area contributed by atoms with Crippen molar-refractivity contribution < 1.29 is 0 Å². The fourth-order valence-corrected chi connectivity index (χ4v) is 4.19. The van der Waals surface area contributed by atoms with Crippen molar-refractivity contribution in [3.8, 4) is 0 Å². The molecule has 3 heteroatoms. The molecule has 0 aliphatic heterocycles. The molecule has 1 heterocycles. The fourth-order valence-electron chi connectivity index (χ4n) is 2.80. The molecule has 1 aliphatic carbocycles. The normalized spacial score (nSPS) is 29.2. The molecule has 0 spiro atoms. The van der Waals surface area contributed by atoms with Crippen molar-refractivity contribution in [1.82, 2.24) is 0 Å². The average molecular weight is 258 g/mol. The van der Waals surface area contributed by atoms with Gasteiger partial charge in [-0.15, -0.1) is 11.3 Å². The van der Waals surface area contributed by atoms with Gasteiger partial charge in [0.1, 0.15) is 0 Å². The number of rotatable bonds is 2. The van der Waals surface area contributed by atoms with E-state index in [-0.39, 0.29) is 0 Å². The zero-order valence-corrected chi connectivity index (χ0v) is 11.6.